The Bertz CT molecular complexity index is 990. The Labute approximate surface area is 171 Å². The first-order valence-corrected chi connectivity index (χ1v) is 9.46. The number of benzene rings is 3. The van der Waals surface area contributed by atoms with E-state index in [1.165, 1.54) is 0 Å². The minimum Gasteiger partial charge on any atom is -0.484 e. The highest BCUT2D eigenvalue weighted by Gasteiger charge is 2.08. The minimum absolute atomic E-state index is 0.109. The van der Waals surface area contributed by atoms with Gasteiger partial charge in [0.15, 0.2) is 6.61 Å². The maximum Gasteiger partial charge on any atom is 0.262 e. The van der Waals surface area contributed by atoms with Crippen LogP contribution in [0.2, 0.25) is 0 Å². The van der Waals surface area contributed by atoms with Gasteiger partial charge in [0.2, 0.25) is 0 Å². The van der Waals surface area contributed by atoms with Gasteiger partial charge < -0.3 is 15.4 Å². The van der Waals surface area contributed by atoms with Gasteiger partial charge in [-0.15, -0.1) is 0 Å². The number of rotatable bonds is 6. The van der Waals surface area contributed by atoms with Gasteiger partial charge in [0.25, 0.3) is 11.8 Å². The van der Waals surface area contributed by atoms with Gasteiger partial charge >= 0.3 is 0 Å². The summed E-state index contributed by atoms with van der Waals surface area (Å²) in [5.41, 5.74) is 2.76. The van der Waals surface area contributed by atoms with Crippen LogP contribution in [0.25, 0.3) is 0 Å². The van der Waals surface area contributed by atoms with E-state index in [2.05, 4.69) is 26.6 Å². The van der Waals surface area contributed by atoms with Crippen molar-refractivity contribution in [2.24, 2.45) is 0 Å². The van der Waals surface area contributed by atoms with Crippen molar-refractivity contribution in [2.45, 2.75) is 6.92 Å². The fraction of sp³-hybridized carbons (Fsp3) is 0.0909. The number of hydrogen-bond acceptors (Lipinski definition) is 3. The third kappa shape index (κ3) is 5.44. The number of nitrogens with one attached hydrogen (secondary N) is 2. The molecule has 28 heavy (non-hydrogen) atoms. The summed E-state index contributed by atoms with van der Waals surface area (Å²) in [4.78, 5) is 24.4. The predicted molar refractivity (Wildman–Crippen MR) is 114 cm³/mol. The molecule has 0 unspecified atom stereocenters. The Balaban J connectivity index is 1.57. The molecule has 142 valence electrons. The van der Waals surface area contributed by atoms with E-state index in [9.17, 15) is 9.59 Å². The highest BCUT2D eigenvalue weighted by Crippen LogP contribution is 2.21. The van der Waals surface area contributed by atoms with Crippen LogP contribution in [0.1, 0.15) is 15.9 Å². The third-order valence-corrected chi connectivity index (χ3v) is 4.83. The standard InChI is InChI=1S/C22H19BrN2O3/c1-15-12-19(10-11-20(15)23)28-14-21(26)24-17-8-5-9-18(13-17)25-22(27)16-6-3-2-4-7-16/h2-13H,14H2,1H3,(H,24,26)(H,25,27). The van der Waals surface area contributed by atoms with Crippen molar-refractivity contribution >= 4 is 39.1 Å². The van der Waals surface area contributed by atoms with Crippen molar-refractivity contribution in [1.82, 2.24) is 0 Å². The first kappa shape index (κ1) is 19.6. The number of amides is 2. The van der Waals surface area contributed by atoms with Crippen molar-refractivity contribution in [3.8, 4) is 5.75 Å². The molecule has 0 fully saturated rings. The molecule has 3 rings (SSSR count). The Hall–Kier alpha value is -3.12. The Morgan fingerprint density at radius 1 is 0.893 bits per heavy atom. The summed E-state index contributed by atoms with van der Waals surface area (Å²) >= 11 is 3.43. The van der Waals surface area contributed by atoms with E-state index in [-0.39, 0.29) is 18.4 Å². The summed E-state index contributed by atoms with van der Waals surface area (Å²) in [5.74, 6) is 0.129. The van der Waals surface area contributed by atoms with E-state index >= 15 is 0 Å². The zero-order valence-electron chi connectivity index (χ0n) is 15.2. The van der Waals surface area contributed by atoms with Crippen molar-refractivity contribution in [3.05, 3.63) is 88.4 Å². The molecule has 0 aliphatic rings. The van der Waals surface area contributed by atoms with Gasteiger partial charge in [-0.3, -0.25) is 9.59 Å². The highest BCUT2D eigenvalue weighted by atomic mass is 79.9. The molecule has 0 atom stereocenters. The molecule has 2 amide bonds. The van der Waals surface area contributed by atoms with Gasteiger partial charge in [-0.1, -0.05) is 40.2 Å². The Kier molecular flexibility index (Phi) is 6.45. The largest absolute Gasteiger partial charge is 0.484 e. The minimum atomic E-state index is -0.285. The van der Waals surface area contributed by atoms with Crippen LogP contribution in [-0.4, -0.2) is 18.4 Å². The fourth-order valence-electron chi connectivity index (χ4n) is 2.52. The van der Waals surface area contributed by atoms with Crippen LogP contribution in [0, 0.1) is 6.92 Å². The van der Waals surface area contributed by atoms with Crippen LogP contribution in [0.4, 0.5) is 11.4 Å². The average Bonchev–Trinajstić information content (AvgIpc) is 2.70. The number of carbonyl (C=O) groups excluding carboxylic acids is 2. The van der Waals surface area contributed by atoms with E-state index < -0.39 is 0 Å². The molecule has 0 aliphatic carbocycles. The lowest BCUT2D eigenvalue weighted by Gasteiger charge is -2.10. The number of aryl methyl sites for hydroxylation is 1. The van der Waals surface area contributed by atoms with Gasteiger partial charge in [-0.05, 0) is 61.0 Å². The van der Waals surface area contributed by atoms with Gasteiger partial charge in [0, 0.05) is 21.4 Å². The second-order valence-corrected chi connectivity index (χ2v) is 7.00. The maximum atomic E-state index is 12.2. The van der Waals surface area contributed by atoms with Gasteiger partial charge in [-0.25, -0.2) is 0 Å². The predicted octanol–water partition coefficient (Wildman–Crippen LogP) is 5.03. The second kappa shape index (κ2) is 9.19. The Morgan fingerprint density at radius 3 is 2.32 bits per heavy atom. The molecule has 0 heterocycles. The highest BCUT2D eigenvalue weighted by molar-refractivity contribution is 9.10. The summed E-state index contributed by atoms with van der Waals surface area (Å²) in [6.07, 6.45) is 0. The molecule has 5 nitrogen and oxygen atoms in total. The number of halogens is 1. The topological polar surface area (TPSA) is 67.4 Å². The summed E-state index contributed by atoms with van der Waals surface area (Å²) in [7, 11) is 0. The van der Waals surface area contributed by atoms with Crippen LogP contribution in [-0.2, 0) is 4.79 Å². The second-order valence-electron chi connectivity index (χ2n) is 6.15. The quantitative estimate of drug-likeness (QED) is 0.567. The van der Waals surface area contributed by atoms with Crippen LogP contribution in [0.3, 0.4) is 0 Å². The SMILES string of the molecule is Cc1cc(OCC(=O)Nc2cccc(NC(=O)c3ccccc3)c2)ccc1Br. The van der Waals surface area contributed by atoms with Crippen LogP contribution < -0.4 is 15.4 Å². The van der Waals surface area contributed by atoms with E-state index in [0.29, 0.717) is 22.7 Å². The monoisotopic (exact) mass is 438 g/mol. The molecule has 3 aromatic rings. The molecule has 3 aromatic carbocycles. The molecule has 6 heteroatoms. The molecular weight excluding hydrogens is 420 g/mol. The lowest BCUT2D eigenvalue weighted by atomic mass is 10.2. The first-order valence-electron chi connectivity index (χ1n) is 8.66. The normalized spacial score (nSPS) is 10.2. The van der Waals surface area contributed by atoms with E-state index in [1.54, 1.807) is 54.6 Å². The summed E-state index contributed by atoms with van der Waals surface area (Å²) in [5, 5.41) is 5.58. The molecule has 0 saturated carbocycles. The van der Waals surface area contributed by atoms with Crippen LogP contribution in [0.15, 0.2) is 77.3 Å². The van der Waals surface area contributed by atoms with Gasteiger partial charge in [-0.2, -0.15) is 0 Å². The molecular formula is C22H19BrN2O3. The average molecular weight is 439 g/mol. The third-order valence-electron chi connectivity index (χ3n) is 3.94. The van der Waals surface area contributed by atoms with Crippen molar-refractivity contribution in [3.63, 3.8) is 0 Å². The summed E-state index contributed by atoms with van der Waals surface area (Å²) < 4.78 is 6.51. The molecule has 0 radical (unpaired) electrons. The van der Waals surface area contributed by atoms with E-state index in [4.69, 9.17) is 4.74 Å². The van der Waals surface area contributed by atoms with Crippen molar-refractivity contribution < 1.29 is 14.3 Å². The molecule has 0 aliphatic heterocycles. The Morgan fingerprint density at radius 2 is 1.61 bits per heavy atom. The lowest BCUT2D eigenvalue weighted by Crippen LogP contribution is -2.20. The number of carbonyl (C=O) groups is 2. The summed E-state index contributed by atoms with van der Waals surface area (Å²) in [6, 6.07) is 21.4. The van der Waals surface area contributed by atoms with E-state index in [1.807, 2.05) is 25.1 Å². The van der Waals surface area contributed by atoms with Gasteiger partial charge in [0.1, 0.15) is 5.75 Å². The smallest absolute Gasteiger partial charge is 0.262 e. The number of anilines is 2. The molecule has 0 saturated heterocycles. The zero-order valence-corrected chi connectivity index (χ0v) is 16.8. The molecule has 2 N–H and O–H groups in total. The lowest BCUT2D eigenvalue weighted by molar-refractivity contribution is -0.118. The molecule has 0 spiro atoms. The zero-order chi connectivity index (χ0) is 19.9. The number of hydrogen-bond donors (Lipinski definition) is 2. The van der Waals surface area contributed by atoms with Crippen LogP contribution >= 0.6 is 15.9 Å². The van der Waals surface area contributed by atoms with E-state index in [0.717, 1.165) is 10.0 Å². The maximum absolute atomic E-state index is 12.2. The first-order chi connectivity index (χ1) is 13.5. The van der Waals surface area contributed by atoms with Gasteiger partial charge in [0.05, 0.1) is 0 Å². The number of ether oxygens (including phenoxy) is 1. The van der Waals surface area contributed by atoms with Crippen molar-refractivity contribution in [1.29, 1.82) is 0 Å². The molecule has 0 aromatic heterocycles. The summed E-state index contributed by atoms with van der Waals surface area (Å²) in [6.45, 7) is 1.84. The van der Waals surface area contributed by atoms with Crippen molar-refractivity contribution in [2.75, 3.05) is 17.2 Å². The van der Waals surface area contributed by atoms with Crippen LogP contribution in [0.5, 0.6) is 5.75 Å². The molecule has 0 bridgehead atoms. The fourth-order valence-corrected chi connectivity index (χ4v) is 2.77.